The van der Waals surface area contributed by atoms with Crippen LogP contribution in [-0.2, 0) is 16.2 Å². The first-order chi connectivity index (χ1) is 15.5. The van der Waals surface area contributed by atoms with Crippen LogP contribution in [0.2, 0.25) is 0 Å². The first-order valence-corrected chi connectivity index (χ1v) is 12.3. The predicted octanol–water partition coefficient (Wildman–Crippen LogP) is 10.2. The Morgan fingerprint density at radius 3 is 1.31 bits per heavy atom. The summed E-state index contributed by atoms with van der Waals surface area (Å²) in [6, 6.07) is 25.6. The zero-order valence-electron chi connectivity index (χ0n) is 23.5. The molecule has 35 heavy (non-hydrogen) atoms. The highest BCUT2D eigenvalue weighted by Gasteiger charge is 2.13. The van der Waals surface area contributed by atoms with Gasteiger partial charge < -0.3 is 0 Å². The van der Waals surface area contributed by atoms with Crippen LogP contribution in [0.15, 0.2) is 72.8 Å². The van der Waals surface area contributed by atoms with Crippen molar-refractivity contribution in [1.29, 1.82) is 0 Å². The average Bonchev–Trinajstić information content (AvgIpc) is 2.73. The molecule has 0 aliphatic heterocycles. The Morgan fingerprint density at radius 1 is 0.514 bits per heavy atom. The molecule has 0 saturated heterocycles. The molecule has 0 heterocycles. The van der Waals surface area contributed by atoms with Crippen molar-refractivity contribution in [1.82, 2.24) is 0 Å². The molecule has 0 radical (unpaired) electrons. The van der Waals surface area contributed by atoms with E-state index in [4.69, 9.17) is 6.42 Å². The number of hydrogen-bond donors (Lipinski definition) is 0. The van der Waals surface area contributed by atoms with E-state index in [9.17, 15) is 0 Å². The third-order valence-corrected chi connectivity index (χ3v) is 5.70. The third-order valence-electron chi connectivity index (χ3n) is 5.70. The van der Waals surface area contributed by atoms with E-state index in [0.717, 1.165) is 5.56 Å². The number of terminal acetylenes is 1. The highest BCUT2D eigenvalue weighted by Crippen LogP contribution is 2.23. The molecule has 3 rings (SSSR count). The molecule has 0 aliphatic carbocycles. The summed E-state index contributed by atoms with van der Waals surface area (Å²) in [4.78, 5) is 0. The van der Waals surface area contributed by atoms with Crippen molar-refractivity contribution in [2.24, 2.45) is 0 Å². The molecule has 0 aromatic heterocycles. The minimum atomic E-state index is 0. The van der Waals surface area contributed by atoms with E-state index < -0.39 is 0 Å². The van der Waals surface area contributed by atoms with Crippen molar-refractivity contribution in [3.05, 3.63) is 106 Å². The lowest BCUT2D eigenvalue weighted by Crippen LogP contribution is -2.10. The van der Waals surface area contributed by atoms with Crippen molar-refractivity contribution in [3.63, 3.8) is 0 Å². The quantitative estimate of drug-likeness (QED) is 0.287. The van der Waals surface area contributed by atoms with Gasteiger partial charge in [-0.1, -0.05) is 147 Å². The fraction of sp³-hybridized carbons (Fsp3) is 0.429. The first-order valence-electron chi connectivity index (χ1n) is 12.3. The molecule has 0 fully saturated rings. The van der Waals surface area contributed by atoms with Gasteiger partial charge in [-0.3, -0.25) is 0 Å². The molecule has 0 spiro atoms. The van der Waals surface area contributed by atoms with Crippen LogP contribution in [-0.4, -0.2) is 0 Å². The summed E-state index contributed by atoms with van der Waals surface area (Å²) in [5.74, 6) is 2.64. The second-order valence-corrected chi connectivity index (χ2v) is 12.2. The summed E-state index contributed by atoms with van der Waals surface area (Å²) >= 11 is 0. The summed E-state index contributed by atoms with van der Waals surface area (Å²) in [5.41, 5.74) is 8.50. The molecule has 3 aromatic rings. The van der Waals surface area contributed by atoms with Gasteiger partial charge in [-0.2, -0.15) is 0 Å². The molecule has 0 amide bonds. The van der Waals surface area contributed by atoms with Crippen molar-refractivity contribution < 1.29 is 0 Å². The Bertz CT molecular complexity index is 1050. The van der Waals surface area contributed by atoms with E-state index in [2.05, 4.69) is 143 Å². The topological polar surface area (TPSA) is 0 Å². The van der Waals surface area contributed by atoms with E-state index in [0.29, 0.717) is 0 Å². The van der Waals surface area contributed by atoms with Crippen molar-refractivity contribution in [3.8, 4) is 12.3 Å². The van der Waals surface area contributed by atoms with E-state index in [-0.39, 0.29) is 23.7 Å². The molecule has 0 aliphatic rings. The molecule has 0 bridgehead atoms. The van der Waals surface area contributed by atoms with Gasteiger partial charge in [0.2, 0.25) is 0 Å². The highest BCUT2D eigenvalue weighted by molar-refractivity contribution is 5.37. The number of aryl methyl sites for hydroxylation is 2. The van der Waals surface area contributed by atoms with Crippen LogP contribution in [0.5, 0.6) is 0 Å². The Kier molecular flexibility index (Phi) is 12.3. The average molecular weight is 471 g/mol. The van der Waals surface area contributed by atoms with Gasteiger partial charge in [-0.05, 0) is 58.9 Å². The second-order valence-electron chi connectivity index (χ2n) is 12.2. The minimum absolute atomic E-state index is 0. The molecule has 0 N–H and O–H groups in total. The fourth-order valence-corrected chi connectivity index (χ4v) is 3.24. The Balaban J connectivity index is 0.000000489. The molecular formula is C35H50. The highest BCUT2D eigenvalue weighted by atomic mass is 14.2. The fourth-order valence-electron chi connectivity index (χ4n) is 3.24. The van der Waals surface area contributed by atoms with Gasteiger partial charge in [-0.15, -0.1) is 6.42 Å². The molecule has 0 heteroatoms. The van der Waals surface area contributed by atoms with Crippen LogP contribution in [0.4, 0.5) is 0 Å². The number of rotatable bonds is 0. The van der Waals surface area contributed by atoms with E-state index in [1.807, 2.05) is 12.1 Å². The second kappa shape index (κ2) is 13.3. The monoisotopic (exact) mass is 470 g/mol. The van der Waals surface area contributed by atoms with Crippen LogP contribution in [0.1, 0.15) is 103 Å². The summed E-state index contributed by atoms with van der Waals surface area (Å²) in [5, 5.41) is 0. The van der Waals surface area contributed by atoms with Crippen molar-refractivity contribution in [2.45, 2.75) is 99.8 Å². The van der Waals surface area contributed by atoms with Gasteiger partial charge in [0.25, 0.3) is 0 Å². The lowest BCUT2D eigenvalue weighted by molar-refractivity contribution is 0.589. The standard InChI is InChI=1S/C12H14.2C11H16.CH4/c1-5-10-7-6-8-11(9-10)12(2,3)4;1-9-5-7-10(8-6-9)11(2,3)4;1-9-6-5-7-10(8-9)11(2,3)4;/h1,6-9H,2-4H3;2*5-8H,1-4H3;1H4. The predicted molar refractivity (Wildman–Crippen MR) is 160 cm³/mol. The van der Waals surface area contributed by atoms with Crippen LogP contribution in [0, 0.1) is 26.2 Å². The maximum absolute atomic E-state index is 5.31. The van der Waals surface area contributed by atoms with Crippen molar-refractivity contribution >= 4 is 0 Å². The summed E-state index contributed by atoms with van der Waals surface area (Å²) < 4.78 is 0. The SMILES string of the molecule is C.C#Cc1cccc(C(C)(C)C)c1.Cc1ccc(C(C)(C)C)cc1.Cc1cccc(C(C)(C)C)c1. The molecule has 190 valence electrons. The van der Waals surface area contributed by atoms with Crippen LogP contribution in [0.25, 0.3) is 0 Å². The number of benzene rings is 3. The Morgan fingerprint density at radius 2 is 0.943 bits per heavy atom. The van der Waals surface area contributed by atoms with Crippen molar-refractivity contribution in [2.75, 3.05) is 0 Å². The molecule has 0 atom stereocenters. The summed E-state index contributed by atoms with van der Waals surface area (Å²) in [6.45, 7) is 24.2. The Labute approximate surface area is 218 Å². The van der Waals surface area contributed by atoms with E-state index in [1.165, 1.54) is 27.8 Å². The maximum Gasteiger partial charge on any atom is 0.0245 e. The zero-order valence-corrected chi connectivity index (χ0v) is 23.5. The van der Waals surface area contributed by atoms with Crippen LogP contribution < -0.4 is 0 Å². The molecular weight excluding hydrogens is 420 g/mol. The molecule has 3 aromatic carbocycles. The van der Waals surface area contributed by atoms with Crippen LogP contribution >= 0.6 is 0 Å². The smallest absolute Gasteiger partial charge is 0.0245 e. The molecule has 0 saturated carbocycles. The minimum Gasteiger partial charge on any atom is -0.115 e. The van der Waals surface area contributed by atoms with Gasteiger partial charge >= 0.3 is 0 Å². The summed E-state index contributed by atoms with van der Waals surface area (Å²) in [7, 11) is 0. The van der Waals surface area contributed by atoms with Gasteiger partial charge in [0.05, 0.1) is 0 Å². The maximum atomic E-state index is 5.31. The first kappa shape index (κ1) is 32.2. The Hall–Kier alpha value is -2.78. The molecule has 0 unspecified atom stereocenters. The van der Waals surface area contributed by atoms with E-state index in [1.54, 1.807) is 0 Å². The summed E-state index contributed by atoms with van der Waals surface area (Å²) in [6.07, 6.45) is 5.31. The van der Waals surface area contributed by atoms with Gasteiger partial charge in [0, 0.05) is 5.56 Å². The van der Waals surface area contributed by atoms with Crippen LogP contribution in [0.3, 0.4) is 0 Å². The van der Waals surface area contributed by atoms with Gasteiger partial charge in [0.1, 0.15) is 0 Å². The molecule has 0 nitrogen and oxygen atoms in total. The lowest BCUT2D eigenvalue weighted by atomic mass is 9.86. The van der Waals surface area contributed by atoms with Gasteiger partial charge in [-0.25, -0.2) is 0 Å². The van der Waals surface area contributed by atoms with E-state index >= 15 is 0 Å². The van der Waals surface area contributed by atoms with Gasteiger partial charge in [0.15, 0.2) is 0 Å². The third kappa shape index (κ3) is 12.0. The zero-order chi connectivity index (χ0) is 26.2. The number of hydrogen-bond acceptors (Lipinski definition) is 0. The normalized spacial score (nSPS) is 11.0. The largest absolute Gasteiger partial charge is 0.115 e. The lowest BCUT2D eigenvalue weighted by Gasteiger charge is -2.19.